The molecule has 7 nitrogen and oxygen atoms in total. The van der Waals surface area contributed by atoms with Crippen LogP contribution in [0.2, 0.25) is 0 Å². The number of rotatable bonds is 5. The number of amides is 1. The summed E-state index contributed by atoms with van der Waals surface area (Å²) in [7, 11) is 0. The van der Waals surface area contributed by atoms with Gasteiger partial charge in [-0.25, -0.2) is 4.79 Å². The van der Waals surface area contributed by atoms with Gasteiger partial charge in [0.05, 0.1) is 17.4 Å². The van der Waals surface area contributed by atoms with Crippen LogP contribution in [-0.2, 0) is 9.53 Å². The first kappa shape index (κ1) is 15.3. The van der Waals surface area contributed by atoms with Gasteiger partial charge in [0.25, 0.3) is 0 Å². The molecule has 0 atom stereocenters. The average molecular weight is 294 g/mol. The van der Waals surface area contributed by atoms with Gasteiger partial charge in [-0.1, -0.05) is 0 Å². The summed E-state index contributed by atoms with van der Waals surface area (Å²) in [6, 6.07) is 3.70. The Bertz CT molecular complexity index is 526. The predicted molar refractivity (Wildman–Crippen MR) is 75.5 cm³/mol. The summed E-state index contributed by atoms with van der Waals surface area (Å²) in [6.45, 7) is 1.61. The molecule has 0 bridgehead atoms. The van der Waals surface area contributed by atoms with Gasteiger partial charge in [0.15, 0.2) is 0 Å². The number of hydrogen-bond acceptors (Lipinski definition) is 5. The molecule has 1 aliphatic heterocycles. The minimum absolute atomic E-state index is 0.0117. The molecule has 2 rings (SSSR count). The molecule has 0 aliphatic carbocycles. The number of carboxylic acids is 1. The topological polar surface area (TPSA) is 108 Å². The van der Waals surface area contributed by atoms with Crippen LogP contribution < -0.4 is 10.6 Å². The lowest BCUT2D eigenvalue weighted by molar-refractivity contribution is -0.123. The van der Waals surface area contributed by atoms with Crippen molar-refractivity contribution in [1.82, 2.24) is 5.32 Å². The molecule has 1 saturated heterocycles. The van der Waals surface area contributed by atoms with Gasteiger partial charge in [0, 0.05) is 0 Å². The lowest BCUT2D eigenvalue weighted by Crippen LogP contribution is -2.34. The third-order valence-corrected chi connectivity index (χ3v) is 3.25. The first-order chi connectivity index (χ1) is 10.1. The Kier molecular flexibility index (Phi) is 5.13. The van der Waals surface area contributed by atoms with E-state index in [0.717, 1.165) is 25.9 Å². The highest BCUT2D eigenvalue weighted by Gasteiger charge is 2.16. The van der Waals surface area contributed by atoms with Crippen molar-refractivity contribution in [3.8, 4) is 5.75 Å². The quantitative estimate of drug-likeness (QED) is 0.598. The normalized spacial score (nSPS) is 15.6. The van der Waals surface area contributed by atoms with Crippen LogP contribution in [0.3, 0.4) is 0 Å². The van der Waals surface area contributed by atoms with E-state index in [4.69, 9.17) is 9.84 Å². The van der Waals surface area contributed by atoms with E-state index in [2.05, 4.69) is 10.6 Å². The van der Waals surface area contributed by atoms with E-state index in [9.17, 15) is 14.7 Å². The zero-order valence-electron chi connectivity index (χ0n) is 11.5. The van der Waals surface area contributed by atoms with Crippen LogP contribution >= 0.6 is 0 Å². The van der Waals surface area contributed by atoms with Gasteiger partial charge in [-0.15, -0.1) is 0 Å². The van der Waals surface area contributed by atoms with Gasteiger partial charge in [0.1, 0.15) is 12.4 Å². The smallest absolute Gasteiger partial charge is 0.335 e. The van der Waals surface area contributed by atoms with Crippen molar-refractivity contribution in [3.63, 3.8) is 0 Å². The van der Waals surface area contributed by atoms with Gasteiger partial charge >= 0.3 is 5.97 Å². The van der Waals surface area contributed by atoms with Gasteiger partial charge in [0.2, 0.25) is 5.91 Å². The predicted octanol–water partition coefficient (Wildman–Crippen LogP) is 0.797. The summed E-state index contributed by atoms with van der Waals surface area (Å²) in [6.07, 6.45) is 1.76. The minimum Gasteiger partial charge on any atom is -0.506 e. The molecule has 1 aromatic carbocycles. The van der Waals surface area contributed by atoms with E-state index in [1.807, 2.05) is 0 Å². The third-order valence-electron chi connectivity index (χ3n) is 3.25. The molecule has 1 aromatic rings. The van der Waals surface area contributed by atoms with Crippen LogP contribution in [0.25, 0.3) is 0 Å². The molecular weight excluding hydrogens is 276 g/mol. The fourth-order valence-corrected chi connectivity index (χ4v) is 2.11. The molecule has 0 unspecified atom stereocenters. The molecule has 1 aliphatic rings. The van der Waals surface area contributed by atoms with E-state index in [0.29, 0.717) is 0 Å². The first-order valence-corrected chi connectivity index (χ1v) is 6.75. The number of phenolic OH excluding ortho intramolecular Hbond substituents is 1. The molecule has 1 amide bonds. The Morgan fingerprint density at radius 1 is 1.33 bits per heavy atom. The highest BCUT2D eigenvalue weighted by atomic mass is 16.5. The Hall–Kier alpha value is -2.12. The summed E-state index contributed by atoms with van der Waals surface area (Å²) in [5, 5.41) is 24.2. The molecule has 0 aromatic heterocycles. The molecule has 1 heterocycles. The highest BCUT2D eigenvalue weighted by molar-refractivity contribution is 5.96. The van der Waals surface area contributed by atoms with Crippen LogP contribution in [0.1, 0.15) is 23.2 Å². The van der Waals surface area contributed by atoms with Gasteiger partial charge in [-0.05, 0) is 44.1 Å². The van der Waals surface area contributed by atoms with Crippen molar-refractivity contribution < 1.29 is 24.5 Å². The molecular formula is C14H18N2O5. The molecule has 0 radical (unpaired) electrons. The number of aromatic hydroxyl groups is 1. The van der Waals surface area contributed by atoms with Crippen LogP contribution in [0.4, 0.5) is 5.69 Å². The van der Waals surface area contributed by atoms with Crippen molar-refractivity contribution in [3.05, 3.63) is 23.8 Å². The lowest BCUT2D eigenvalue weighted by Gasteiger charge is -2.22. The third kappa shape index (κ3) is 4.44. The van der Waals surface area contributed by atoms with Crippen LogP contribution in [0, 0.1) is 0 Å². The van der Waals surface area contributed by atoms with E-state index < -0.39 is 11.9 Å². The summed E-state index contributed by atoms with van der Waals surface area (Å²) >= 11 is 0. The number of piperidine rings is 1. The SMILES string of the molecule is O=C(COC1CCNCC1)Nc1cc(C(=O)O)ccc1O. The largest absolute Gasteiger partial charge is 0.506 e. The number of ether oxygens (including phenoxy) is 1. The van der Waals surface area contributed by atoms with E-state index in [-0.39, 0.29) is 29.7 Å². The van der Waals surface area contributed by atoms with Crippen molar-refractivity contribution in [1.29, 1.82) is 0 Å². The second kappa shape index (κ2) is 7.05. The zero-order chi connectivity index (χ0) is 15.2. The van der Waals surface area contributed by atoms with E-state index in [1.165, 1.54) is 18.2 Å². The molecule has 7 heteroatoms. The Morgan fingerprint density at radius 3 is 2.71 bits per heavy atom. The van der Waals surface area contributed by atoms with Gasteiger partial charge in [-0.3, -0.25) is 4.79 Å². The maximum absolute atomic E-state index is 11.8. The standard InChI is InChI=1S/C14H18N2O5/c17-12-2-1-9(14(19)20)7-11(12)16-13(18)8-21-10-3-5-15-6-4-10/h1-2,7,10,15,17H,3-6,8H2,(H,16,18)(H,19,20). The van der Waals surface area contributed by atoms with E-state index >= 15 is 0 Å². The van der Waals surface area contributed by atoms with Crippen LogP contribution in [0.15, 0.2) is 18.2 Å². The fourth-order valence-electron chi connectivity index (χ4n) is 2.11. The van der Waals surface area contributed by atoms with Crippen molar-refractivity contribution in [2.24, 2.45) is 0 Å². The lowest BCUT2D eigenvalue weighted by atomic mass is 10.1. The highest BCUT2D eigenvalue weighted by Crippen LogP contribution is 2.24. The number of anilines is 1. The van der Waals surface area contributed by atoms with Gasteiger partial charge < -0.3 is 25.6 Å². The second-order valence-electron chi connectivity index (χ2n) is 4.85. The molecule has 0 spiro atoms. The number of carboxylic acid groups (broad SMARTS) is 1. The number of aromatic carboxylic acids is 1. The zero-order valence-corrected chi connectivity index (χ0v) is 11.5. The van der Waals surface area contributed by atoms with Crippen molar-refractivity contribution >= 4 is 17.6 Å². The number of hydrogen-bond donors (Lipinski definition) is 4. The van der Waals surface area contributed by atoms with Gasteiger partial charge in [-0.2, -0.15) is 0 Å². The summed E-state index contributed by atoms with van der Waals surface area (Å²) in [5.74, 6) is -1.74. The molecule has 114 valence electrons. The fraction of sp³-hybridized carbons (Fsp3) is 0.429. The maximum atomic E-state index is 11.8. The number of phenols is 1. The molecule has 21 heavy (non-hydrogen) atoms. The number of carbonyl (C=O) groups is 2. The van der Waals surface area contributed by atoms with Crippen LogP contribution in [-0.4, -0.2) is 47.9 Å². The minimum atomic E-state index is -1.13. The summed E-state index contributed by atoms with van der Waals surface area (Å²) in [5.41, 5.74) is 0.0520. The van der Waals surface area contributed by atoms with Crippen molar-refractivity contribution in [2.45, 2.75) is 18.9 Å². The number of benzene rings is 1. The Balaban J connectivity index is 1.89. The Labute approximate surface area is 121 Å². The first-order valence-electron chi connectivity index (χ1n) is 6.75. The van der Waals surface area contributed by atoms with E-state index in [1.54, 1.807) is 0 Å². The molecule has 4 N–H and O–H groups in total. The average Bonchev–Trinajstić information content (AvgIpc) is 2.48. The summed E-state index contributed by atoms with van der Waals surface area (Å²) in [4.78, 5) is 22.6. The second-order valence-corrected chi connectivity index (χ2v) is 4.85. The maximum Gasteiger partial charge on any atom is 0.335 e. The summed E-state index contributed by atoms with van der Waals surface area (Å²) < 4.78 is 5.48. The number of nitrogens with one attached hydrogen (secondary N) is 2. The van der Waals surface area contributed by atoms with Crippen molar-refractivity contribution in [2.75, 3.05) is 25.0 Å². The Morgan fingerprint density at radius 2 is 2.05 bits per heavy atom. The monoisotopic (exact) mass is 294 g/mol. The molecule has 1 fully saturated rings. The van der Waals surface area contributed by atoms with Crippen LogP contribution in [0.5, 0.6) is 5.75 Å². The number of carbonyl (C=O) groups excluding carboxylic acids is 1. The molecule has 0 saturated carbocycles.